The summed E-state index contributed by atoms with van der Waals surface area (Å²) in [6, 6.07) is 0.493. The molecule has 0 aromatic heterocycles. The minimum atomic E-state index is -4.19. The van der Waals surface area contributed by atoms with Crippen molar-refractivity contribution in [2.45, 2.75) is 24.8 Å². The second-order valence-electron chi connectivity index (χ2n) is 4.29. The van der Waals surface area contributed by atoms with Gasteiger partial charge in [-0.25, -0.2) is 8.42 Å². The van der Waals surface area contributed by atoms with E-state index in [-0.39, 0.29) is 5.56 Å². The number of benzene rings is 1. The molecular formula is C11H14FN3O5S. The first-order chi connectivity index (χ1) is 9.60. The molecule has 0 saturated carbocycles. The predicted molar refractivity (Wildman–Crippen MR) is 71.6 cm³/mol. The van der Waals surface area contributed by atoms with Crippen LogP contribution in [-0.2, 0) is 14.8 Å². The number of nitro benzene ring substituents is 1. The number of aryl methyl sites for hydroxylation is 1. The van der Waals surface area contributed by atoms with E-state index in [0.717, 1.165) is 6.07 Å². The van der Waals surface area contributed by atoms with Crippen molar-refractivity contribution in [3.8, 4) is 0 Å². The maximum Gasteiger partial charge on any atom is 0.306 e. The molecule has 10 heteroatoms. The van der Waals surface area contributed by atoms with Crippen LogP contribution in [0.2, 0.25) is 0 Å². The Balaban J connectivity index is 3.27. The smallest absolute Gasteiger partial charge is 0.306 e. The van der Waals surface area contributed by atoms with E-state index in [1.165, 1.54) is 20.9 Å². The van der Waals surface area contributed by atoms with Crippen LogP contribution in [0, 0.1) is 22.9 Å². The van der Waals surface area contributed by atoms with Crippen LogP contribution >= 0.6 is 0 Å². The molecule has 1 rings (SSSR count). The molecule has 0 saturated heterocycles. The summed E-state index contributed by atoms with van der Waals surface area (Å²) in [7, 11) is -2.86. The molecule has 0 aliphatic rings. The molecule has 1 aromatic carbocycles. The zero-order chi connectivity index (χ0) is 16.4. The minimum Gasteiger partial charge on any atom is -0.358 e. The van der Waals surface area contributed by atoms with Crippen molar-refractivity contribution < 1.29 is 22.5 Å². The Morgan fingerprint density at radius 3 is 2.48 bits per heavy atom. The first-order valence-corrected chi connectivity index (χ1v) is 7.27. The van der Waals surface area contributed by atoms with Crippen LogP contribution in [0.25, 0.3) is 0 Å². The molecule has 1 unspecified atom stereocenters. The third-order valence-electron chi connectivity index (χ3n) is 2.69. The molecule has 0 aliphatic heterocycles. The quantitative estimate of drug-likeness (QED) is 0.603. The number of carbonyl (C=O) groups excluding carboxylic acids is 1. The number of likely N-dealkylation sites (N-methyl/N-ethyl adjacent to an activating group) is 1. The van der Waals surface area contributed by atoms with Gasteiger partial charge in [0.15, 0.2) is 0 Å². The molecule has 8 nitrogen and oxygen atoms in total. The average Bonchev–Trinajstić information content (AvgIpc) is 2.39. The summed E-state index contributed by atoms with van der Waals surface area (Å²) >= 11 is 0. The number of sulfonamides is 1. The Morgan fingerprint density at radius 2 is 2.00 bits per heavy atom. The lowest BCUT2D eigenvalue weighted by atomic mass is 10.2. The van der Waals surface area contributed by atoms with E-state index in [4.69, 9.17) is 0 Å². The molecule has 21 heavy (non-hydrogen) atoms. The summed E-state index contributed by atoms with van der Waals surface area (Å²) in [4.78, 5) is 20.5. The lowest BCUT2D eigenvalue weighted by Gasteiger charge is -2.13. The molecular weight excluding hydrogens is 305 g/mol. The Morgan fingerprint density at radius 1 is 1.43 bits per heavy atom. The number of amides is 1. The number of hydrogen-bond acceptors (Lipinski definition) is 5. The summed E-state index contributed by atoms with van der Waals surface area (Å²) in [6.45, 7) is 2.52. The van der Waals surface area contributed by atoms with E-state index in [1.54, 1.807) is 0 Å². The van der Waals surface area contributed by atoms with Gasteiger partial charge >= 0.3 is 5.69 Å². The number of nitro groups is 1. The standard InChI is InChI=1S/C11H14FN3O5S/c1-6-4-8(5-9(10(6)12)15(17)18)21(19,20)14-7(2)11(16)13-3/h4-5,7,14H,1-3H3,(H,13,16). The molecule has 1 aromatic rings. The van der Waals surface area contributed by atoms with Gasteiger partial charge in [0.1, 0.15) is 0 Å². The normalized spacial score (nSPS) is 12.8. The third kappa shape index (κ3) is 3.73. The van der Waals surface area contributed by atoms with Gasteiger partial charge in [-0.3, -0.25) is 14.9 Å². The summed E-state index contributed by atoms with van der Waals surface area (Å²) in [6.07, 6.45) is 0. The van der Waals surface area contributed by atoms with Gasteiger partial charge in [-0.05, 0) is 25.5 Å². The zero-order valence-corrected chi connectivity index (χ0v) is 12.3. The van der Waals surface area contributed by atoms with Crippen molar-refractivity contribution in [3.63, 3.8) is 0 Å². The molecule has 0 radical (unpaired) electrons. The largest absolute Gasteiger partial charge is 0.358 e. The zero-order valence-electron chi connectivity index (χ0n) is 11.5. The fraction of sp³-hybridized carbons (Fsp3) is 0.364. The van der Waals surface area contributed by atoms with Gasteiger partial charge in [0.2, 0.25) is 21.7 Å². The van der Waals surface area contributed by atoms with Gasteiger partial charge in [0, 0.05) is 13.1 Å². The van der Waals surface area contributed by atoms with Crippen molar-refractivity contribution in [2.24, 2.45) is 0 Å². The highest BCUT2D eigenvalue weighted by atomic mass is 32.2. The van der Waals surface area contributed by atoms with E-state index < -0.39 is 43.3 Å². The molecule has 1 amide bonds. The van der Waals surface area contributed by atoms with Crippen LogP contribution in [0.15, 0.2) is 17.0 Å². The first-order valence-electron chi connectivity index (χ1n) is 5.78. The van der Waals surface area contributed by atoms with E-state index in [1.807, 2.05) is 0 Å². The summed E-state index contributed by atoms with van der Waals surface area (Å²) in [5.74, 6) is -1.68. The highest BCUT2D eigenvalue weighted by Crippen LogP contribution is 2.25. The van der Waals surface area contributed by atoms with Gasteiger partial charge in [-0.2, -0.15) is 9.11 Å². The number of halogens is 1. The molecule has 116 valence electrons. The van der Waals surface area contributed by atoms with Crippen molar-refractivity contribution in [1.82, 2.24) is 10.0 Å². The van der Waals surface area contributed by atoms with Crippen LogP contribution in [-0.4, -0.2) is 32.3 Å². The summed E-state index contributed by atoms with van der Waals surface area (Å²) < 4.78 is 39.7. The maximum atomic E-state index is 13.5. The summed E-state index contributed by atoms with van der Waals surface area (Å²) in [5.41, 5.74) is -1.12. The fourth-order valence-electron chi connectivity index (χ4n) is 1.58. The first kappa shape index (κ1) is 17.0. The van der Waals surface area contributed by atoms with Gasteiger partial charge < -0.3 is 5.32 Å². The molecule has 2 N–H and O–H groups in total. The number of carbonyl (C=O) groups is 1. The monoisotopic (exact) mass is 319 g/mol. The van der Waals surface area contributed by atoms with Crippen molar-refractivity contribution in [2.75, 3.05) is 7.05 Å². The SMILES string of the molecule is CNC(=O)C(C)NS(=O)(=O)c1cc(C)c(F)c([N+](=O)[O-])c1. The van der Waals surface area contributed by atoms with E-state index in [9.17, 15) is 27.7 Å². The van der Waals surface area contributed by atoms with Crippen LogP contribution in [0.4, 0.5) is 10.1 Å². The van der Waals surface area contributed by atoms with Gasteiger partial charge in [-0.1, -0.05) is 0 Å². The van der Waals surface area contributed by atoms with Crippen LogP contribution in [0.5, 0.6) is 0 Å². The number of hydrogen-bond donors (Lipinski definition) is 2. The molecule has 0 aliphatic carbocycles. The summed E-state index contributed by atoms with van der Waals surface area (Å²) in [5, 5.41) is 13.0. The Bertz CT molecular complexity index is 689. The van der Waals surface area contributed by atoms with Crippen molar-refractivity contribution >= 4 is 21.6 Å². The van der Waals surface area contributed by atoms with Crippen LogP contribution < -0.4 is 10.0 Å². The second kappa shape index (κ2) is 6.14. The van der Waals surface area contributed by atoms with Crippen molar-refractivity contribution in [3.05, 3.63) is 33.6 Å². The van der Waals surface area contributed by atoms with E-state index >= 15 is 0 Å². The Kier molecular flexibility index (Phi) is 4.97. The molecule has 0 fully saturated rings. The molecule has 0 bridgehead atoms. The van der Waals surface area contributed by atoms with Gasteiger partial charge in [0.05, 0.1) is 15.9 Å². The maximum absolute atomic E-state index is 13.5. The third-order valence-corrected chi connectivity index (χ3v) is 4.21. The predicted octanol–water partition coefficient (Wildman–Crippen LogP) is 0.455. The average molecular weight is 319 g/mol. The number of nitrogens with zero attached hydrogens (tertiary/aromatic N) is 1. The highest BCUT2D eigenvalue weighted by Gasteiger charge is 2.26. The van der Waals surface area contributed by atoms with E-state index in [2.05, 4.69) is 10.0 Å². The molecule has 0 heterocycles. The van der Waals surface area contributed by atoms with Crippen LogP contribution in [0.3, 0.4) is 0 Å². The fourth-order valence-corrected chi connectivity index (χ4v) is 2.88. The Labute approximate surface area is 120 Å². The highest BCUT2D eigenvalue weighted by molar-refractivity contribution is 7.89. The van der Waals surface area contributed by atoms with Gasteiger partial charge in [-0.15, -0.1) is 0 Å². The van der Waals surface area contributed by atoms with E-state index in [0.29, 0.717) is 6.07 Å². The number of rotatable bonds is 5. The molecule has 0 spiro atoms. The topological polar surface area (TPSA) is 118 Å². The van der Waals surface area contributed by atoms with Crippen molar-refractivity contribution in [1.29, 1.82) is 0 Å². The molecule has 1 atom stereocenters. The lowest BCUT2D eigenvalue weighted by molar-refractivity contribution is -0.387. The minimum absolute atomic E-state index is 0.183. The second-order valence-corrected chi connectivity index (χ2v) is 6.00. The van der Waals surface area contributed by atoms with Gasteiger partial charge in [0.25, 0.3) is 0 Å². The Hall–Kier alpha value is -2.07. The number of nitrogens with one attached hydrogen (secondary N) is 2. The van der Waals surface area contributed by atoms with Crippen LogP contribution in [0.1, 0.15) is 12.5 Å². The lowest BCUT2D eigenvalue weighted by Crippen LogP contribution is -2.43.